The quantitative estimate of drug-likeness (QED) is 0.542. The van der Waals surface area contributed by atoms with Gasteiger partial charge in [0.05, 0.1) is 6.61 Å². The summed E-state index contributed by atoms with van der Waals surface area (Å²) in [7, 11) is 0. The third-order valence-corrected chi connectivity index (χ3v) is 0.600. The van der Waals surface area contributed by atoms with E-state index in [2.05, 4.69) is 6.58 Å². The zero-order valence-electron chi connectivity index (χ0n) is 4.75. The molecule has 0 heterocycles. The molecule has 0 saturated carbocycles. The van der Waals surface area contributed by atoms with Gasteiger partial charge in [-0.3, -0.25) is 0 Å². The molecule has 0 fully saturated rings. The van der Waals surface area contributed by atoms with Crippen LogP contribution in [0.3, 0.4) is 0 Å². The number of aliphatic hydroxyl groups excluding tert-OH is 1. The van der Waals surface area contributed by atoms with Crippen LogP contribution < -0.4 is 0 Å². The summed E-state index contributed by atoms with van der Waals surface area (Å²) in [5, 5.41) is 8.22. The molecule has 0 aromatic heterocycles. The van der Waals surface area contributed by atoms with Gasteiger partial charge in [-0.1, -0.05) is 37.0 Å². The van der Waals surface area contributed by atoms with Gasteiger partial charge < -0.3 is 5.11 Å². The lowest BCUT2D eigenvalue weighted by atomic mass is 10.4. The molecule has 0 rings (SSSR count). The van der Waals surface area contributed by atoms with Crippen molar-refractivity contribution in [3.8, 4) is 0 Å². The Balaban J connectivity index is 3.26. The Bertz CT molecular complexity index is 101. The summed E-state index contributed by atoms with van der Waals surface area (Å²) in [6.07, 6.45) is 8.71. The first-order chi connectivity index (χ1) is 3.91. The van der Waals surface area contributed by atoms with Crippen molar-refractivity contribution >= 4 is 0 Å². The van der Waals surface area contributed by atoms with Gasteiger partial charge in [-0.2, -0.15) is 0 Å². The fourth-order valence-corrected chi connectivity index (χ4v) is 0.282. The molecule has 0 unspecified atom stereocenters. The second kappa shape index (κ2) is 6.18. The van der Waals surface area contributed by atoms with Gasteiger partial charge in [-0.15, -0.1) is 0 Å². The maximum Gasteiger partial charge on any atom is 0.0615 e. The van der Waals surface area contributed by atoms with E-state index in [0.717, 1.165) is 0 Å². The Hall–Kier alpha value is -0.820. The van der Waals surface area contributed by atoms with Gasteiger partial charge in [0.15, 0.2) is 0 Å². The van der Waals surface area contributed by atoms with E-state index in [1.807, 2.05) is 6.08 Å². The van der Waals surface area contributed by atoms with Crippen molar-refractivity contribution < 1.29 is 5.11 Å². The van der Waals surface area contributed by atoms with Crippen LogP contribution in [0.4, 0.5) is 0 Å². The van der Waals surface area contributed by atoms with Gasteiger partial charge in [0.25, 0.3) is 0 Å². The van der Waals surface area contributed by atoms with Crippen LogP contribution in [0, 0.1) is 0 Å². The molecule has 1 nitrogen and oxygen atoms in total. The van der Waals surface area contributed by atoms with Crippen molar-refractivity contribution in [1.29, 1.82) is 0 Å². The molecule has 0 atom stereocenters. The minimum absolute atomic E-state index is 0.0987. The van der Waals surface area contributed by atoms with Crippen molar-refractivity contribution in [2.45, 2.75) is 0 Å². The summed E-state index contributed by atoms with van der Waals surface area (Å²) >= 11 is 0. The molecule has 0 aromatic rings. The topological polar surface area (TPSA) is 20.2 Å². The number of hydrogen-bond acceptors (Lipinski definition) is 1. The Morgan fingerprint density at radius 1 is 1.25 bits per heavy atom. The molecule has 8 heavy (non-hydrogen) atoms. The van der Waals surface area contributed by atoms with E-state index in [1.165, 1.54) is 0 Å². The first kappa shape index (κ1) is 7.18. The highest BCUT2D eigenvalue weighted by Gasteiger charge is 1.59. The predicted molar refractivity (Wildman–Crippen MR) is 35.6 cm³/mol. The Morgan fingerprint density at radius 2 is 2.00 bits per heavy atom. The van der Waals surface area contributed by atoms with E-state index < -0.39 is 0 Å². The molecule has 0 aromatic carbocycles. The van der Waals surface area contributed by atoms with E-state index >= 15 is 0 Å². The van der Waals surface area contributed by atoms with Gasteiger partial charge in [0.2, 0.25) is 0 Å². The maximum atomic E-state index is 8.22. The fourth-order valence-electron chi connectivity index (χ4n) is 0.282. The van der Waals surface area contributed by atoms with Crippen molar-refractivity contribution in [2.75, 3.05) is 6.61 Å². The molecule has 0 aliphatic rings. The average Bonchev–Trinajstić information content (AvgIpc) is 1.81. The van der Waals surface area contributed by atoms with Crippen LogP contribution in [0.15, 0.2) is 37.0 Å². The molecule has 0 saturated heterocycles. The normalized spacial score (nSPS) is 11.1. The van der Waals surface area contributed by atoms with Gasteiger partial charge in [0, 0.05) is 0 Å². The van der Waals surface area contributed by atoms with E-state index in [-0.39, 0.29) is 6.61 Å². The summed E-state index contributed by atoms with van der Waals surface area (Å²) < 4.78 is 0. The minimum Gasteiger partial charge on any atom is -0.392 e. The largest absolute Gasteiger partial charge is 0.392 e. The third kappa shape index (κ3) is 5.18. The second-order valence-corrected chi connectivity index (χ2v) is 1.23. The maximum absolute atomic E-state index is 8.22. The summed E-state index contributed by atoms with van der Waals surface area (Å²) in [5.74, 6) is 0. The molecular weight excluding hydrogens is 100 g/mol. The van der Waals surface area contributed by atoms with Gasteiger partial charge in [-0.05, 0) is 0 Å². The molecular formula is C7H10O. The van der Waals surface area contributed by atoms with Gasteiger partial charge in [-0.25, -0.2) is 0 Å². The van der Waals surface area contributed by atoms with Crippen molar-refractivity contribution in [3.63, 3.8) is 0 Å². The summed E-state index contributed by atoms with van der Waals surface area (Å²) in [6.45, 7) is 3.57. The van der Waals surface area contributed by atoms with Crippen LogP contribution in [-0.4, -0.2) is 11.7 Å². The number of allylic oxidation sites excluding steroid dienone is 4. The van der Waals surface area contributed by atoms with Crippen molar-refractivity contribution in [1.82, 2.24) is 0 Å². The smallest absolute Gasteiger partial charge is 0.0615 e. The number of aliphatic hydroxyl groups is 1. The molecule has 0 aliphatic heterocycles. The summed E-state index contributed by atoms with van der Waals surface area (Å²) in [4.78, 5) is 0. The molecule has 1 N–H and O–H groups in total. The highest BCUT2D eigenvalue weighted by molar-refractivity contribution is 5.08. The summed E-state index contributed by atoms with van der Waals surface area (Å²) in [5.41, 5.74) is 0. The zero-order valence-corrected chi connectivity index (χ0v) is 4.75. The first-order valence-corrected chi connectivity index (χ1v) is 2.47. The standard InChI is InChI=1S/C7H10O/c1-2-3-4-5-6-7-8/h2-6,8H,1,7H2/b4-3-,6-5-. The lowest BCUT2D eigenvalue weighted by Crippen LogP contribution is -1.66. The third-order valence-electron chi connectivity index (χ3n) is 0.600. The number of rotatable bonds is 3. The molecule has 1 heteroatoms. The minimum atomic E-state index is 0.0987. The Morgan fingerprint density at radius 3 is 2.50 bits per heavy atom. The lowest BCUT2D eigenvalue weighted by Gasteiger charge is -1.71. The predicted octanol–water partition coefficient (Wildman–Crippen LogP) is 1.28. The van der Waals surface area contributed by atoms with Gasteiger partial charge >= 0.3 is 0 Å². The number of hydrogen-bond donors (Lipinski definition) is 1. The highest BCUT2D eigenvalue weighted by atomic mass is 16.2. The second-order valence-electron chi connectivity index (χ2n) is 1.23. The highest BCUT2D eigenvalue weighted by Crippen LogP contribution is 1.75. The Kier molecular flexibility index (Phi) is 5.55. The van der Waals surface area contributed by atoms with E-state index in [0.29, 0.717) is 0 Å². The van der Waals surface area contributed by atoms with Crippen LogP contribution >= 0.6 is 0 Å². The average molecular weight is 110 g/mol. The van der Waals surface area contributed by atoms with E-state index in [1.54, 1.807) is 24.3 Å². The molecule has 0 radical (unpaired) electrons. The monoisotopic (exact) mass is 110 g/mol. The van der Waals surface area contributed by atoms with E-state index in [4.69, 9.17) is 5.11 Å². The van der Waals surface area contributed by atoms with Crippen LogP contribution in [-0.2, 0) is 0 Å². The fraction of sp³-hybridized carbons (Fsp3) is 0.143. The van der Waals surface area contributed by atoms with Crippen LogP contribution in [0.1, 0.15) is 0 Å². The van der Waals surface area contributed by atoms with Crippen LogP contribution in [0.5, 0.6) is 0 Å². The zero-order chi connectivity index (χ0) is 6.24. The van der Waals surface area contributed by atoms with Crippen molar-refractivity contribution in [3.05, 3.63) is 37.0 Å². The first-order valence-electron chi connectivity index (χ1n) is 2.47. The van der Waals surface area contributed by atoms with Gasteiger partial charge in [0.1, 0.15) is 0 Å². The van der Waals surface area contributed by atoms with E-state index in [9.17, 15) is 0 Å². The van der Waals surface area contributed by atoms with Crippen LogP contribution in [0.2, 0.25) is 0 Å². The molecule has 0 aliphatic carbocycles. The molecule has 0 bridgehead atoms. The van der Waals surface area contributed by atoms with Crippen molar-refractivity contribution in [2.24, 2.45) is 0 Å². The van der Waals surface area contributed by atoms with Crippen LogP contribution in [0.25, 0.3) is 0 Å². The lowest BCUT2D eigenvalue weighted by molar-refractivity contribution is 0.343. The molecule has 0 spiro atoms. The SMILES string of the molecule is C=C/C=C\C=C/CO. The molecule has 44 valence electrons. The molecule has 0 amide bonds. The summed E-state index contributed by atoms with van der Waals surface area (Å²) in [6, 6.07) is 0. The Labute approximate surface area is 49.7 Å².